The number of hydrogen-bond acceptors (Lipinski definition) is 2. The Hall–Kier alpha value is -2.43. The van der Waals surface area contributed by atoms with Gasteiger partial charge < -0.3 is 10.3 Å². The van der Waals surface area contributed by atoms with E-state index in [2.05, 4.69) is 10.3 Å². The molecule has 1 heterocycles. The zero-order chi connectivity index (χ0) is 13.1. The van der Waals surface area contributed by atoms with E-state index in [1.807, 2.05) is 0 Å². The summed E-state index contributed by atoms with van der Waals surface area (Å²) in [5, 5.41) is 2.48. The highest BCUT2D eigenvalue weighted by atomic mass is 19.1. The Morgan fingerprint density at radius 1 is 1.33 bits per heavy atom. The first-order valence-electron chi connectivity index (χ1n) is 5.32. The fourth-order valence-electron chi connectivity index (χ4n) is 1.60. The molecule has 0 unspecified atom stereocenters. The van der Waals surface area contributed by atoms with Crippen molar-refractivity contribution in [2.75, 3.05) is 5.32 Å². The van der Waals surface area contributed by atoms with Crippen LogP contribution in [0.15, 0.2) is 41.5 Å². The number of hydrogen-bond donors (Lipinski definition) is 2. The summed E-state index contributed by atoms with van der Waals surface area (Å²) < 4.78 is 13.1. The predicted molar refractivity (Wildman–Crippen MR) is 66.2 cm³/mol. The Morgan fingerprint density at radius 2 is 2.11 bits per heavy atom. The van der Waals surface area contributed by atoms with E-state index in [1.165, 1.54) is 30.6 Å². The van der Waals surface area contributed by atoms with Crippen molar-refractivity contribution >= 4 is 11.6 Å². The van der Waals surface area contributed by atoms with Gasteiger partial charge in [-0.2, -0.15) is 0 Å². The average Bonchev–Trinajstić information content (AvgIpc) is 2.27. The van der Waals surface area contributed by atoms with Crippen LogP contribution in [0.25, 0.3) is 0 Å². The number of carbonyl (C=O) groups excluding carboxylic acids is 1. The van der Waals surface area contributed by atoms with Crippen molar-refractivity contribution in [1.29, 1.82) is 0 Å². The number of nitrogens with one attached hydrogen (secondary N) is 2. The van der Waals surface area contributed by atoms with Crippen molar-refractivity contribution in [2.24, 2.45) is 0 Å². The molecule has 92 valence electrons. The van der Waals surface area contributed by atoms with Crippen LogP contribution in [0, 0.1) is 12.7 Å². The predicted octanol–water partition coefficient (Wildman–Crippen LogP) is 2.07. The van der Waals surface area contributed by atoms with Crippen LogP contribution in [0.4, 0.5) is 10.1 Å². The topological polar surface area (TPSA) is 62.0 Å². The monoisotopic (exact) mass is 246 g/mol. The number of rotatable bonds is 2. The van der Waals surface area contributed by atoms with Gasteiger partial charge in [-0.1, -0.05) is 0 Å². The lowest BCUT2D eigenvalue weighted by Crippen LogP contribution is -2.20. The summed E-state index contributed by atoms with van der Waals surface area (Å²) in [7, 11) is 0. The number of amides is 1. The van der Waals surface area contributed by atoms with Gasteiger partial charge in [-0.3, -0.25) is 9.59 Å². The van der Waals surface area contributed by atoms with Crippen LogP contribution in [-0.2, 0) is 0 Å². The molecule has 5 heteroatoms. The highest BCUT2D eigenvalue weighted by Crippen LogP contribution is 2.13. The summed E-state index contributed by atoms with van der Waals surface area (Å²) in [5.74, 6) is -1.01. The molecule has 0 fully saturated rings. The van der Waals surface area contributed by atoms with Crippen LogP contribution in [0.1, 0.15) is 15.9 Å². The van der Waals surface area contributed by atoms with Crippen molar-refractivity contribution < 1.29 is 9.18 Å². The molecule has 1 aromatic heterocycles. The van der Waals surface area contributed by atoms with Gasteiger partial charge in [0.15, 0.2) is 5.43 Å². The second-order valence-electron chi connectivity index (χ2n) is 3.89. The van der Waals surface area contributed by atoms with Gasteiger partial charge in [0, 0.05) is 24.1 Å². The summed E-state index contributed by atoms with van der Waals surface area (Å²) in [6.45, 7) is 1.72. The summed E-state index contributed by atoms with van der Waals surface area (Å²) >= 11 is 0. The summed E-state index contributed by atoms with van der Waals surface area (Å²) in [4.78, 5) is 25.9. The molecule has 0 saturated carbocycles. The van der Waals surface area contributed by atoms with Crippen molar-refractivity contribution in [3.05, 3.63) is 63.8 Å². The Labute approximate surface area is 102 Å². The molecule has 0 aliphatic carbocycles. The van der Waals surface area contributed by atoms with Gasteiger partial charge in [-0.15, -0.1) is 0 Å². The molecular formula is C13H11FN2O2. The van der Waals surface area contributed by atoms with Crippen LogP contribution < -0.4 is 10.7 Å². The number of aromatic amines is 1. The van der Waals surface area contributed by atoms with Gasteiger partial charge in [-0.25, -0.2) is 4.39 Å². The average molecular weight is 246 g/mol. The maximum Gasteiger partial charge on any atom is 0.261 e. The molecular weight excluding hydrogens is 235 g/mol. The minimum atomic E-state index is -0.568. The molecule has 2 rings (SSSR count). The van der Waals surface area contributed by atoms with Gasteiger partial charge >= 0.3 is 0 Å². The number of anilines is 1. The number of carbonyl (C=O) groups is 1. The first-order valence-corrected chi connectivity index (χ1v) is 5.32. The number of H-pyrrole nitrogens is 1. The lowest BCUT2D eigenvalue weighted by atomic mass is 10.2. The van der Waals surface area contributed by atoms with Crippen molar-refractivity contribution in [1.82, 2.24) is 4.98 Å². The van der Waals surface area contributed by atoms with Crippen molar-refractivity contribution in [2.45, 2.75) is 6.92 Å². The molecule has 0 saturated heterocycles. The van der Waals surface area contributed by atoms with Gasteiger partial charge in [0.05, 0.1) is 0 Å². The van der Waals surface area contributed by atoms with Crippen LogP contribution >= 0.6 is 0 Å². The number of benzene rings is 1. The molecule has 0 radical (unpaired) electrons. The largest absolute Gasteiger partial charge is 0.367 e. The number of aryl methyl sites for hydroxylation is 1. The molecule has 2 N–H and O–H groups in total. The fourth-order valence-corrected chi connectivity index (χ4v) is 1.60. The molecule has 2 aromatic rings. The summed E-state index contributed by atoms with van der Waals surface area (Å²) in [6.07, 6.45) is 2.75. The maximum atomic E-state index is 13.1. The first-order chi connectivity index (χ1) is 8.56. The zero-order valence-corrected chi connectivity index (χ0v) is 9.66. The second-order valence-corrected chi connectivity index (χ2v) is 3.89. The van der Waals surface area contributed by atoms with Crippen molar-refractivity contribution in [3.8, 4) is 0 Å². The fraction of sp³-hybridized carbons (Fsp3) is 0.0769. The molecule has 1 amide bonds. The first kappa shape index (κ1) is 12.0. The molecule has 0 aliphatic heterocycles. The molecule has 4 nitrogen and oxygen atoms in total. The molecule has 0 bridgehead atoms. The van der Waals surface area contributed by atoms with E-state index >= 15 is 0 Å². The van der Waals surface area contributed by atoms with Crippen LogP contribution in [0.3, 0.4) is 0 Å². The molecule has 0 aliphatic rings. The lowest BCUT2D eigenvalue weighted by molar-refractivity contribution is 0.102. The normalized spacial score (nSPS) is 10.1. The van der Waals surface area contributed by atoms with Gasteiger partial charge in [0.25, 0.3) is 5.91 Å². The maximum absolute atomic E-state index is 13.1. The highest BCUT2D eigenvalue weighted by molar-refractivity contribution is 6.03. The SMILES string of the molecule is Cc1cc(F)cc(NC(=O)c2c[nH]ccc2=O)c1. The van der Waals surface area contributed by atoms with Crippen LogP contribution in [-0.4, -0.2) is 10.9 Å². The Balaban J connectivity index is 2.27. The van der Waals surface area contributed by atoms with E-state index in [0.29, 0.717) is 11.3 Å². The molecule has 1 aromatic carbocycles. The zero-order valence-electron chi connectivity index (χ0n) is 9.66. The van der Waals surface area contributed by atoms with E-state index in [4.69, 9.17) is 0 Å². The van der Waals surface area contributed by atoms with E-state index in [1.54, 1.807) is 13.0 Å². The Morgan fingerprint density at radius 3 is 2.78 bits per heavy atom. The standard InChI is InChI=1S/C13H11FN2O2/c1-8-4-9(14)6-10(5-8)16-13(18)11-7-15-3-2-12(11)17/h2-7H,1H3,(H,15,17)(H,16,18). The minimum absolute atomic E-state index is 0.0144. The lowest BCUT2D eigenvalue weighted by Gasteiger charge is -2.05. The Kier molecular flexibility index (Phi) is 3.23. The smallest absolute Gasteiger partial charge is 0.261 e. The third-order valence-electron chi connectivity index (χ3n) is 2.37. The second kappa shape index (κ2) is 4.83. The quantitative estimate of drug-likeness (QED) is 0.852. The number of aromatic nitrogens is 1. The third kappa shape index (κ3) is 2.63. The van der Waals surface area contributed by atoms with Gasteiger partial charge in [0.1, 0.15) is 11.4 Å². The van der Waals surface area contributed by atoms with E-state index < -0.39 is 11.7 Å². The minimum Gasteiger partial charge on any atom is -0.367 e. The van der Waals surface area contributed by atoms with Crippen LogP contribution in [0.2, 0.25) is 0 Å². The van der Waals surface area contributed by atoms with Gasteiger partial charge in [0.2, 0.25) is 0 Å². The van der Waals surface area contributed by atoms with E-state index in [9.17, 15) is 14.0 Å². The highest BCUT2D eigenvalue weighted by Gasteiger charge is 2.10. The third-order valence-corrected chi connectivity index (χ3v) is 2.37. The van der Waals surface area contributed by atoms with Crippen LogP contribution in [0.5, 0.6) is 0 Å². The number of pyridine rings is 1. The van der Waals surface area contributed by atoms with E-state index in [0.717, 1.165) is 0 Å². The number of halogens is 1. The van der Waals surface area contributed by atoms with Gasteiger partial charge in [-0.05, 0) is 30.7 Å². The Bertz CT molecular complexity index is 629. The summed E-state index contributed by atoms with van der Waals surface area (Å²) in [6, 6.07) is 5.43. The molecule has 18 heavy (non-hydrogen) atoms. The molecule has 0 spiro atoms. The molecule has 0 atom stereocenters. The summed E-state index contributed by atoms with van der Waals surface area (Å²) in [5.41, 5.74) is 0.604. The van der Waals surface area contributed by atoms with E-state index in [-0.39, 0.29) is 11.0 Å². The van der Waals surface area contributed by atoms with Crippen molar-refractivity contribution in [3.63, 3.8) is 0 Å².